The molecule has 0 aromatic heterocycles. The Morgan fingerprint density at radius 1 is 1.11 bits per heavy atom. The van der Waals surface area contributed by atoms with Gasteiger partial charge in [0.25, 0.3) is 11.8 Å². The fourth-order valence-electron chi connectivity index (χ4n) is 2.68. The predicted octanol–water partition coefficient (Wildman–Crippen LogP) is 3.67. The molecule has 1 heterocycles. The topological polar surface area (TPSA) is 79.8 Å². The van der Waals surface area contributed by atoms with Gasteiger partial charge in [-0.2, -0.15) is 0 Å². The Kier molecular flexibility index (Phi) is 5.86. The summed E-state index contributed by atoms with van der Waals surface area (Å²) in [5, 5.41) is 9.62. The summed E-state index contributed by atoms with van der Waals surface area (Å²) in [5.74, 6) is -0.424. The second-order valence-corrected chi connectivity index (χ2v) is 6.56. The first-order valence-corrected chi connectivity index (χ1v) is 9.06. The number of rotatable bonds is 6. The maximum Gasteiger partial charge on any atom is 0.273 e. The van der Waals surface area contributed by atoms with Crippen molar-refractivity contribution >= 4 is 23.2 Å². The summed E-state index contributed by atoms with van der Waals surface area (Å²) >= 11 is 0. The summed E-state index contributed by atoms with van der Waals surface area (Å²) in [7, 11) is 0. The van der Waals surface area contributed by atoms with Crippen LogP contribution in [0.25, 0.3) is 0 Å². The highest BCUT2D eigenvalue weighted by Crippen LogP contribution is 2.27. The van der Waals surface area contributed by atoms with Crippen LogP contribution in [0.1, 0.15) is 48.7 Å². The van der Waals surface area contributed by atoms with Crippen LogP contribution in [0, 0.1) is 0 Å². The summed E-state index contributed by atoms with van der Waals surface area (Å²) in [6, 6.07) is 16.6. The number of nitrogens with one attached hydrogen (secondary N) is 2. The van der Waals surface area contributed by atoms with Gasteiger partial charge in [0.1, 0.15) is 5.71 Å². The van der Waals surface area contributed by atoms with E-state index in [0.29, 0.717) is 23.4 Å². The second-order valence-electron chi connectivity index (χ2n) is 6.56. The molecule has 6 heteroatoms. The molecule has 0 saturated heterocycles. The van der Waals surface area contributed by atoms with Crippen LogP contribution >= 0.6 is 0 Å². The maximum absolute atomic E-state index is 12.4. The van der Waals surface area contributed by atoms with E-state index in [1.165, 1.54) is 0 Å². The minimum absolute atomic E-state index is 0.120. The van der Waals surface area contributed by atoms with Gasteiger partial charge in [-0.15, -0.1) is 0 Å². The number of amides is 2. The zero-order valence-corrected chi connectivity index (χ0v) is 15.4. The molecule has 2 atom stereocenters. The number of anilines is 1. The molecule has 0 saturated carbocycles. The molecular formula is C21H23N3O3. The largest absolute Gasteiger partial charge is 0.387 e. The lowest BCUT2D eigenvalue weighted by atomic mass is 10.0. The molecule has 6 nitrogen and oxygen atoms in total. The lowest BCUT2D eigenvalue weighted by Gasteiger charge is -2.11. The molecule has 27 heavy (non-hydrogen) atoms. The van der Waals surface area contributed by atoms with E-state index in [9.17, 15) is 9.59 Å². The first kappa shape index (κ1) is 18.6. The van der Waals surface area contributed by atoms with Gasteiger partial charge in [-0.05, 0) is 43.2 Å². The number of carbonyl (C=O) groups excluding carboxylic acids is 2. The highest BCUT2D eigenvalue weighted by Gasteiger charge is 2.27. The molecule has 0 bridgehead atoms. The SMILES string of the molecule is CCC(C)NC(=O)c1ccc(NC(=O)C2=NOC(c3ccccc3)C2)cc1. The van der Waals surface area contributed by atoms with Crippen molar-refractivity contribution in [3.8, 4) is 0 Å². The minimum atomic E-state index is -0.301. The van der Waals surface area contributed by atoms with E-state index in [4.69, 9.17) is 4.84 Å². The average molecular weight is 365 g/mol. The molecule has 0 fully saturated rings. The molecule has 3 rings (SSSR count). The fraction of sp³-hybridized carbons (Fsp3) is 0.286. The molecule has 2 aromatic rings. The molecule has 0 radical (unpaired) electrons. The number of benzene rings is 2. The van der Waals surface area contributed by atoms with Gasteiger partial charge >= 0.3 is 0 Å². The molecule has 2 amide bonds. The van der Waals surface area contributed by atoms with Crippen molar-refractivity contribution in [2.75, 3.05) is 5.32 Å². The van der Waals surface area contributed by atoms with E-state index >= 15 is 0 Å². The van der Waals surface area contributed by atoms with Crippen molar-refractivity contribution in [1.82, 2.24) is 5.32 Å². The minimum Gasteiger partial charge on any atom is -0.387 e. The molecule has 0 spiro atoms. The Morgan fingerprint density at radius 3 is 2.48 bits per heavy atom. The Labute approximate surface area is 158 Å². The van der Waals surface area contributed by atoms with E-state index < -0.39 is 0 Å². The lowest BCUT2D eigenvalue weighted by Crippen LogP contribution is -2.31. The predicted molar refractivity (Wildman–Crippen MR) is 105 cm³/mol. The van der Waals surface area contributed by atoms with Gasteiger partial charge < -0.3 is 15.5 Å². The normalized spacial score (nSPS) is 16.8. The van der Waals surface area contributed by atoms with E-state index in [1.54, 1.807) is 24.3 Å². The summed E-state index contributed by atoms with van der Waals surface area (Å²) in [5.41, 5.74) is 2.49. The quantitative estimate of drug-likeness (QED) is 0.820. The van der Waals surface area contributed by atoms with Crippen molar-refractivity contribution < 1.29 is 14.4 Å². The first-order chi connectivity index (χ1) is 13.1. The average Bonchev–Trinajstić information content (AvgIpc) is 3.19. The van der Waals surface area contributed by atoms with Crippen LogP contribution in [-0.2, 0) is 9.63 Å². The molecule has 140 valence electrons. The Morgan fingerprint density at radius 2 is 1.81 bits per heavy atom. The molecule has 1 aliphatic heterocycles. The lowest BCUT2D eigenvalue weighted by molar-refractivity contribution is -0.110. The number of carbonyl (C=O) groups is 2. The van der Waals surface area contributed by atoms with Crippen molar-refractivity contribution in [3.05, 3.63) is 65.7 Å². The van der Waals surface area contributed by atoms with Gasteiger partial charge in [0, 0.05) is 23.7 Å². The third kappa shape index (κ3) is 4.73. The van der Waals surface area contributed by atoms with Crippen LogP contribution in [0.3, 0.4) is 0 Å². The van der Waals surface area contributed by atoms with E-state index in [-0.39, 0.29) is 24.0 Å². The van der Waals surface area contributed by atoms with Crippen molar-refractivity contribution in [2.45, 2.75) is 38.8 Å². The fourth-order valence-corrected chi connectivity index (χ4v) is 2.68. The summed E-state index contributed by atoms with van der Waals surface area (Å²) in [6.45, 7) is 3.97. The monoisotopic (exact) mass is 365 g/mol. The van der Waals surface area contributed by atoms with E-state index in [1.807, 2.05) is 44.2 Å². The van der Waals surface area contributed by atoms with Gasteiger partial charge in [-0.25, -0.2) is 0 Å². The van der Waals surface area contributed by atoms with Crippen LogP contribution < -0.4 is 10.6 Å². The van der Waals surface area contributed by atoms with Crippen molar-refractivity contribution in [1.29, 1.82) is 0 Å². The second kappa shape index (κ2) is 8.49. The Balaban J connectivity index is 1.56. The highest BCUT2D eigenvalue weighted by molar-refractivity contribution is 6.43. The molecule has 2 unspecified atom stereocenters. The molecule has 1 aliphatic rings. The number of oxime groups is 1. The zero-order valence-electron chi connectivity index (χ0n) is 15.4. The van der Waals surface area contributed by atoms with Crippen LogP contribution in [0.15, 0.2) is 59.8 Å². The summed E-state index contributed by atoms with van der Waals surface area (Å²) in [4.78, 5) is 29.9. The summed E-state index contributed by atoms with van der Waals surface area (Å²) in [6.07, 6.45) is 1.05. The van der Waals surface area contributed by atoms with Gasteiger partial charge in [0.15, 0.2) is 6.10 Å². The molecule has 0 aliphatic carbocycles. The zero-order chi connectivity index (χ0) is 19.2. The summed E-state index contributed by atoms with van der Waals surface area (Å²) < 4.78 is 0. The van der Waals surface area contributed by atoms with Crippen LogP contribution in [0.2, 0.25) is 0 Å². The van der Waals surface area contributed by atoms with Gasteiger partial charge in [0.05, 0.1) is 0 Å². The first-order valence-electron chi connectivity index (χ1n) is 9.06. The van der Waals surface area contributed by atoms with Crippen molar-refractivity contribution in [2.24, 2.45) is 5.16 Å². The third-order valence-electron chi connectivity index (χ3n) is 4.50. The third-order valence-corrected chi connectivity index (χ3v) is 4.50. The Bertz CT molecular complexity index is 832. The van der Waals surface area contributed by atoms with E-state index in [2.05, 4.69) is 15.8 Å². The van der Waals surface area contributed by atoms with Gasteiger partial charge in [0.2, 0.25) is 0 Å². The Hall–Kier alpha value is -3.15. The smallest absolute Gasteiger partial charge is 0.273 e. The van der Waals surface area contributed by atoms with Crippen molar-refractivity contribution in [3.63, 3.8) is 0 Å². The molecule has 2 aromatic carbocycles. The van der Waals surface area contributed by atoms with Gasteiger partial charge in [-0.1, -0.05) is 42.4 Å². The molecular weight excluding hydrogens is 342 g/mol. The standard InChI is InChI=1S/C21H23N3O3/c1-3-14(2)22-20(25)16-9-11-17(12-10-16)23-21(26)18-13-19(27-24-18)15-7-5-4-6-8-15/h4-12,14,19H,3,13H2,1-2H3,(H,22,25)(H,23,26). The maximum atomic E-state index is 12.4. The number of hydrogen-bond acceptors (Lipinski definition) is 4. The van der Waals surface area contributed by atoms with Crippen LogP contribution in [-0.4, -0.2) is 23.6 Å². The van der Waals surface area contributed by atoms with Crippen LogP contribution in [0.4, 0.5) is 5.69 Å². The highest BCUT2D eigenvalue weighted by atomic mass is 16.6. The van der Waals surface area contributed by atoms with Crippen LogP contribution in [0.5, 0.6) is 0 Å². The van der Waals surface area contributed by atoms with Gasteiger partial charge in [-0.3, -0.25) is 9.59 Å². The molecule has 2 N–H and O–H groups in total. The number of nitrogens with zero attached hydrogens (tertiary/aromatic N) is 1. The van der Waals surface area contributed by atoms with E-state index in [0.717, 1.165) is 12.0 Å². The number of hydrogen-bond donors (Lipinski definition) is 2.